The highest BCUT2D eigenvalue weighted by Gasteiger charge is 2.21. The molecule has 0 aliphatic rings. The van der Waals surface area contributed by atoms with Crippen LogP contribution in [0.3, 0.4) is 0 Å². The minimum atomic E-state index is -0.760. The third-order valence-electron chi connectivity index (χ3n) is 3.78. The van der Waals surface area contributed by atoms with Gasteiger partial charge in [0.1, 0.15) is 5.52 Å². The lowest BCUT2D eigenvalue weighted by molar-refractivity contribution is 0.0724. The van der Waals surface area contributed by atoms with Gasteiger partial charge < -0.3 is 4.74 Å². The molecule has 0 N–H and O–H groups in total. The summed E-state index contributed by atoms with van der Waals surface area (Å²) in [6, 6.07) is 6.87. The van der Waals surface area contributed by atoms with Crippen molar-refractivity contribution in [3.63, 3.8) is 0 Å². The van der Waals surface area contributed by atoms with Crippen molar-refractivity contribution < 1.29 is 9.53 Å². The highest BCUT2D eigenvalue weighted by Crippen LogP contribution is 2.37. The molecule has 7 nitrogen and oxygen atoms in total. The van der Waals surface area contributed by atoms with Crippen LogP contribution >= 0.6 is 23.2 Å². The number of esters is 1. The van der Waals surface area contributed by atoms with Gasteiger partial charge in [-0.05, 0) is 38.1 Å². The summed E-state index contributed by atoms with van der Waals surface area (Å²) in [6.45, 7) is 3.65. The summed E-state index contributed by atoms with van der Waals surface area (Å²) in [7, 11) is 0. The van der Waals surface area contributed by atoms with Crippen LogP contribution in [0.4, 0.5) is 0 Å². The molecule has 0 fully saturated rings. The number of pyridine rings is 1. The van der Waals surface area contributed by atoms with Crippen LogP contribution in [0.2, 0.25) is 10.0 Å². The average molecular weight is 388 g/mol. The molecule has 3 aromatic heterocycles. The fourth-order valence-electron chi connectivity index (χ4n) is 2.52. The first-order valence-electron chi connectivity index (χ1n) is 7.60. The molecule has 9 heteroatoms. The molecule has 0 unspecified atom stereocenters. The number of fused-ring (bicyclic) bond motifs is 2. The predicted molar refractivity (Wildman–Crippen MR) is 97.0 cm³/mol. The molecule has 0 radical (unpaired) electrons. The lowest BCUT2D eigenvalue weighted by Gasteiger charge is -2.10. The van der Waals surface area contributed by atoms with Crippen molar-refractivity contribution >= 4 is 45.9 Å². The Hall–Kier alpha value is -2.77. The second-order valence-corrected chi connectivity index (χ2v) is 6.46. The normalized spacial score (nSPS) is 11.2. The largest absolute Gasteiger partial charge is 0.417 e. The number of benzene rings is 1. The summed E-state index contributed by atoms with van der Waals surface area (Å²) >= 11 is 12.4. The van der Waals surface area contributed by atoms with Gasteiger partial charge in [0.15, 0.2) is 5.75 Å². The Morgan fingerprint density at radius 3 is 2.69 bits per heavy atom. The molecule has 0 bridgehead atoms. The first kappa shape index (κ1) is 16.7. The van der Waals surface area contributed by atoms with Gasteiger partial charge in [0.25, 0.3) is 11.6 Å². The summed E-state index contributed by atoms with van der Waals surface area (Å²) in [5, 5.41) is 5.35. The second-order valence-electron chi connectivity index (χ2n) is 5.64. The summed E-state index contributed by atoms with van der Waals surface area (Å²) in [5.41, 5.74) is 1.92. The van der Waals surface area contributed by atoms with Crippen LogP contribution in [-0.2, 0) is 0 Å². The van der Waals surface area contributed by atoms with Crippen LogP contribution in [0, 0.1) is 13.8 Å². The molecular weight excluding hydrogens is 377 g/mol. The predicted octanol–water partition coefficient (Wildman–Crippen LogP) is 3.82. The van der Waals surface area contributed by atoms with Gasteiger partial charge in [-0.15, -0.1) is 5.10 Å². The van der Waals surface area contributed by atoms with E-state index in [1.807, 2.05) is 19.9 Å². The Balaban J connectivity index is 1.80. The zero-order chi connectivity index (χ0) is 18.4. The Bertz CT molecular complexity index is 1190. The van der Waals surface area contributed by atoms with Crippen molar-refractivity contribution in [3.8, 4) is 5.75 Å². The minimum Gasteiger partial charge on any atom is -0.417 e. The lowest BCUT2D eigenvalue weighted by atomic mass is 10.2. The Morgan fingerprint density at radius 2 is 1.92 bits per heavy atom. The maximum Gasteiger partial charge on any atom is 0.383 e. The molecule has 0 spiro atoms. The maximum absolute atomic E-state index is 12.6. The molecule has 0 atom stereocenters. The molecule has 3 heterocycles. The fraction of sp³-hybridized carbons (Fsp3) is 0.118. The van der Waals surface area contributed by atoms with Crippen molar-refractivity contribution in [3.05, 3.63) is 57.7 Å². The molecule has 0 aliphatic carbocycles. The van der Waals surface area contributed by atoms with Crippen LogP contribution in [0.25, 0.3) is 16.7 Å². The maximum atomic E-state index is 12.6. The van der Waals surface area contributed by atoms with Crippen molar-refractivity contribution in [2.24, 2.45) is 0 Å². The summed E-state index contributed by atoms with van der Waals surface area (Å²) in [6.07, 6.45) is 1.59. The third kappa shape index (κ3) is 2.75. The van der Waals surface area contributed by atoms with E-state index < -0.39 is 5.97 Å². The van der Waals surface area contributed by atoms with Gasteiger partial charge in [-0.2, -0.15) is 4.98 Å². The number of aromatic nitrogens is 5. The molecule has 4 aromatic rings. The van der Waals surface area contributed by atoms with Crippen LogP contribution in [0.15, 0.2) is 30.5 Å². The zero-order valence-electron chi connectivity index (χ0n) is 13.7. The quantitative estimate of drug-likeness (QED) is 0.384. The number of carbonyl (C=O) groups is 1. The van der Waals surface area contributed by atoms with Gasteiger partial charge in [0, 0.05) is 23.0 Å². The standard InChI is InChI=1S/C17H11Cl2N5O2/c1-8-3-4-10-11(18)7-12(19)14(13(10)21-8)26-16(25)15-22-17-20-6-5-9(2)24(17)23-15/h3-7H,1-2H3. The molecule has 0 saturated heterocycles. The Kier molecular flexibility index (Phi) is 3.97. The number of ether oxygens (including phenoxy) is 1. The average Bonchev–Trinajstić information content (AvgIpc) is 3.04. The first-order chi connectivity index (χ1) is 12.4. The number of nitrogens with zero attached hydrogens (tertiary/aromatic N) is 5. The number of rotatable bonds is 2. The van der Waals surface area contributed by atoms with E-state index in [-0.39, 0.29) is 16.6 Å². The van der Waals surface area contributed by atoms with Crippen LogP contribution in [0.5, 0.6) is 5.75 Å². The van der Waals surface area contributed by atoms with Crippen molar-refractivity contribution in [1.29, 1.82) is 0 Å². The van der Waals surface area contributed by atoms with E-state index in [1.165, 1.54) is 10.6 Å². The van der Waals surface area contributed by atoms with E-state index in [2.05, 4.69) is 20.1 Å². The third-order valence-corrected chi connectivity index (χ3v) is 4.38. The van der Waals surface area contributed by atoms with E-state index >= 15 is 0 Å². The van der Waals surface area contributed by atoms with Gasteiger partial charge in [-0.25, -0.2) is 19.3 Å². The number of halogens is 2. The van der Waals surface area contributed by atoms with E-state index in [9.17, 15) is 4.79 Å². The minimum absolute atomic E-state index is 0.114. The number of hydrogen-bond donors (Lipinski definition) is 0. The summed E-state index contributed by atoms with van der Waals surface area (Å²) in [5.74, 6) is -0.469. The number of hydrogen-bond acceptors (Lipinski definition) is 6. The van der Waals surface area contributed by atoms with E-state index in [0.717, 1.165) is 11.4 Å². The van der Waals surface area contributed by atoms with E-state index in [0.29, 0.717) is 21.7 Å². The smallest absolute Gasteiger partial charge is 0.383 e. The zero-order valence-corrected chi connectivity index (χ0v) is 15.2. The van der Waals surface area contributed by atoms with Gasteiger partial charge >= 0.3 is 5.97 Å². The van der Waals surface area contributed by atoms with Crippen LogP contribution in [-0.4, -0.2) is 30.5 Å². The Morgan fingerprint density at radius 1 is 1.12 bits per heavy atom. The monoisotopic (exact) mass is 387 g/mol. The Labute approximate surface area is 157 Å². The number of aryl methyl sites for hydroxylation is 2. The van der Waals surface area contributed by atoms with Crippen molar-refractivity contribution in [2.75, 3.05) is 0 Å². The van der Waals surface area contributed by atoms with Crippen LogP contribution < -0.4 is 4.74 Å². The summed E-state index contributed by atoms with van der Waals surface area (Å²) < 4.78 is 6.92. The molecular formula is C17H11Cl2N5O2. The lowest BCUT2D eigenvalue weighted by Crippen LogP contribution is -2.12. The first-order valence-corrected chi connectivity index (χ1v) is 8.35. The van der Waals surface area contributed by atoms with Gasteiger partial charge in [-0.3, -0.25) is 0 Å². The number of carbonyl (C=O) groups excluding carboxylic acids is 1. The van der Waals surface area contributed by atoms with E-state index in [1.54, 1.807) is 18.3 Å². The van der Waals surface area contributed by atoms with E-state index in [4.69, 9.17) is 27.9 Å². The molecule has 0 aliphatic heterocycles. The van der Waals surface area contributed by atoms with Crippen molar-refractivity contribution in [2.45, 2.75) is 13.8 Å². The SMILES string of the molecule is Cc1ccc2c(Cl)cc(Cl)c(OC(=O)c3nc4nccc(C)n4n3)c2n1. The molecule has 130 valence electrons. The highest BCUT2D eigenvalue weighted by atomic mass is 35.5. The molecule has 1 aromatic carbocycles. The highest BCUT2D eigenvalue weighted by molar-refractivity contribution is 6.39. The van der Waals surface area contributed by atoms with Gasteiger partial charge in [0.2, 0.25) is 0 Å². The molecule has 0 amide bonds. The summed E-state index contributed by atoms with van der Waals surface area (Å²) in [4.78, 5) is 25.1. The van der Waals surface area contributed by atoms with Crippen molar-refractivity contribution in [1.82, 2.24) is 24.6 Å². The molecule has 0 saturated carbocycles. The van der Waals surface area contributed by atoms with Gasteiger partial charge in [0.05, 0.1) is 10.0 Å². The molecule has 4 rings (SSSR count). The van der Waals surface area contributed by atoms with Gasteiger partial charge in [-0.1, -0.05) is 23.2 Å². The van der Waals surface area contributed by atoms with Crippen LogP contribution in [0.1, 0.15) is 22.0 Å². The molecule has 26 heavy (non-hydrogen) atoms. The topological polar surface area (TPSA) is 82.3 Å². The fourth-order valence-corrected chi connectivity index (χ4v) is 3.07. The second kappa shape index (κ2) is 6.19.